The van der Waals surface area contributed by atoms with Gasteiger partial charge in [0.1, 0.15) is 5.76 Å². The van der Waals surface area contributed by atoms with Gasteiger partial charge in [0.15, 0.2) is 5.78 Å². The second-order valence-corrected chi connectivity index (χ2v) is 8.60. The summed E-state index contributed by atoms with van der Waals surface area (Å²) in [5.41, 5.74) is 1.84. The highest BCUT2D eigenvalue weighted by atomic mass is 16.5. The first-order valence-electron chi connectivity index (χ1n) is 12.1. The van der Waals surface area contributed by atoms with Crippen LogP contribution in [0.5, 0.6) is 0 Å². The quantitative estimate of drug-likeness (QED) is 0.141. The van der Waals surface area contributed by atoms with E-state index in [0.717, 1.165) is 35.9 Å². The molecule has 0 aromatic rings. The van der Waals surface area contributed by atoms with Gasteiger partial charge < -0.3 is 9.64 Å². The molecule has 0 radical (unpaired) electrons. The summed E-state index contributed by atoms with van der Waals surface area (Å²) in [5, 5.41) is 0. The Hall–Kier alpha value is -1.77. The first kappa shape index (κ1) is 26.3. The van der Waals surface area contributed by atoms with E-state index in [9.17, 15) is 4.79 Å². The van der Waals surface area contributed by atoms with E-state index in [2.05, 4.69) is 25.3 Å². The van der Waals surface area contributed by atoms with E-state index in [1.807, 2.05) is 18.4 Å². The predicted molar refractivity (Wildman–Crippen MR) is 129 cm³/mol. The molecule has 1 aliphatic rings. The van der Waals surface area contributed by atoms with Crippen molar-refractivity contribution in [3.05, 3.63) is 47.9 Å². The number of unbranched alkanes of at least 4 members (excludes halogenated alkanes) is 5. The van der Waals surface area contributed by atoms with Crippen LogP contribution in [0.4, 0.5) is 0 Å². The molecule has 0 bridgehead atoms. The molecule has 1 aliphatic heterocycles. The van der Waals surface area contributed by atoms with Crippen molar-refractivity contribution in [1.82, 2.24) is 4.90 Å². The Labute approximate surface area is 185 Å². The number of carbonyl (C=O) groups is 1. The van der Waals surface area contributed by atoms with Crippen molar-refractivity contribution in [1.29, 1.82) is 0 Å². The Balaban J connectivity index is 2.40. The predicted octanol–water partition coefficient (Wildman–Crippen LogP) is 7.36. The van der Waals surface area contributed by atoms with Crippen molar-refractivity contribution < 1.29 is 9.53 Å². The van der Waals surface area contributed by atoms with Gasteiger partial charge in [-0.3, -0.25) is 4.79 Å². The van der Waals surface area contributed by atoms with Gasteiger partial charge in [-0.05, 0) is 37.0 Å². The molecular weight excluding hydrogens is 370 g/mol. The highest BCUT2D eigenvalue weighted by Gasteiger charge is 2.21. The van der Waals surface area contributed by atoms with Crippen LogP contribution in [-0.2, 0) is 9.53 Å². The molecule has 0 aromatic carbocycles. The van der Waals surface area contributed by atoms with Crippen molar-refractivity contribution in [2.24, 2.45) is 5.92 Å². The lowest BCUT2D eigenvalue weighted by atomic mass is 9.90. The van der Waals surface area contributed by atoms with Crippen LogP contribution in [0, 0.1) is 5.92 Å². The maximum Gasteiger partial charge on any atom is 0.161 e. The number of hydrogen-bond acceptors (Lipinski definition) is 3. The van der Waals surface area contributed by atoms with E-state index >= 15 is 0 Å². The molecule has 30 heavy (non-hydrogen) atoms. The second kappa shape index (κ2) is 16.0. The Morgan fingerprint density at radius 1 is 1.10 bits per heavy atom. The summed E-state index contributed by atoms with van der Waals surface area (Å²) in [5.74, 6) is 1.79. The molecule has 0 atom stereocenters. The number of Topliss-reactive ketones (excluding diaryl/α,β-unsaturated/α-hetero) is 1. The normalized spacial score (nSPS) is 15.8. The van der Waals surface area contributed by atoms with E-state index in [0.29, 0.717) is 0 Å². The fourth-order valence-corrected chi connectivity index (χ4v) is 4.18. The van der Waals surface area contributed by atoms with Crippen LogP contribution < -0.4 is 0 Å². The monoisotopic (exact) mass is 415 g/mol. The molecule has 0 spiro atoms. The van der Waals surface area contributed by atoms with Gasteiger partial charge in [-0.1, -0.05) is 90.7 Å². The molecule has 0 saturated heterocycles. The lowest BCUT2D eigenvalue weighted by Gasteiger charge is -2.17. The first-order chi connectivity index (χ1) is 14.5. The van der Waals surface area contributed by atoms with Gasteiger partial charge in [0, 0.05) is 24.9 Å². The number of methoxy groups -OCH3 is 1. The van der Waals surface area contributed by atoms with E-state index in [1.54, 1.807) is 20.1 Å². The Bertz CT molecular complexity index is 592. The van der Waals surface area contributed by atoms with Crippen LogP contribution in [0.25, 0.3) is 0 Å². The Morgan fingerprint density at radius 3 is 2.30 bits per heavy atom. The fraction of sp³-hybridized carbons (Fsp3) is 0.667. The summed E-state index contributed by atoms with van der Waals surface area (Å²) in [6.07, 6.45) is 22.3. The Kier molecular flexibility index (Phi) is 14.0. The average Bonchev–Trinajstić information content (AvgIpc) is 3.14. The molecule has 3 heteroatoms. The van der Waals surface area contributed by atoms with Crippen LogP contribution in [0.1, 0.15) is 91.4 Å². The number of carbonyl (C=O) groups excluding carboxylic acids is 1. The number of nitrogens with zero attached hydrogens (tertiary/aromatic N) is 1. The fourth-order valence-electron chi connectivity index (χ4n) is 4.18. The largest absolute Gasteiger partial charge is 0.497 e. The number of rotatable bonds is 17. The molecule has 0 fully saturated rings. The van der Waals surface area contributed by atoms with Crippen LogP contribution >= 0.6 is 0 Å². The average molecular weight is 416 g/mol. The van der Waals surface area contributed by atoms with Crippen molar-refractivity contribution in [3.63, 3.8) is 0 Å². The molecule has 0 unspecified atom stereocenters. The highest BCUT2D eigenvalue weighted by Crippen LogP contribution is 2.25. The maximum absolute atomic E-state index is 12.0. The summed E-state index contributed by atoms with van der Waals surface area (Å²) in [7, 11) is 1.64. The number of hydrogen-bond donors (Lipinski definition) is 0. The van der Waals surface area contributed by atoms with Crippen LogP contribution in [-0.4, -0.2) is 30.9 Å². The molecule has 0 aromatic heterocycles. The Morgan fingerprint density at radius 2 is 1.73 bits per heavy atom. The van der Waals surface area contributed by atoms with Crippen molar-refractivity contribution >= 4 is 5.78 Å². The van der Waals surface area contributed by atoms with Crippen molar-refractivity contribution in [3.8, 4) is 0 Å². The zero-order valence-corrected chi connectivity index (χ0v) is 20.0. The molecule has 0 amide bonds. The van der Waals surface area contributed by atoms with Gasteiger partial charge in [0.25, 0.3) is 0 Å². The van der Waals surface area contributed by atoms with Gasteiger partial charge in [-0.15, -0.1) is 0 Å². The van der Waals surface area contributed by atoms with Gasteiger partial charge >= 0.3 is 0 Å². The molecule has 3 nitrogen and oxygen atoms in total. The number of ether oxygens (including phenoxy) is 1. The molecule has 170 valence electrons. The smallest absolute Gasteiger partial charge is 0.161 e. The van der Waals surface area contributed by atoms with Crippen molar-refractivity contribution in [2.45, 2.75) is 91.4 Å². The third-order valence-corrected chi connectivity index (χ3v) is 5.98. The summed E-state index contributed by atoms with van der Waals surface area (Å²) in [6, 6.07) is 0. The highest BCUT2D eigenvalue weighted by molar-refractivity contribution is 5.98. The first-order valence-corrected chi connectivity index (χ1v) is 12.1. The lowest BCUT2D eigenvalue weighted by Crippen LogP contribution is -2.16. The lowest BCUT2D eigenvalue weighted by molar-refractivity contribution is -0.113. The minimum atomic E-state index is 0.114. The summed E-state index contributed by atoms with van der Waals surface area (Å²) in [6.45, 7) is 11.7. The van der Waals surface area contributed by atoms with Crippen LogP contribution in [0.3, 0.4) is 0 Å². The van der Waals surface area contributed by atoms with E-state index < -0.39 is 0 Å². The van der Waals surface area contributed by atoms with Gasteiger partial charge in [0.2, 0.25) is 0 Å². The van der Waals surface area contributed by atoms with Crippen molar-refractivity contribution in [2.75, 3.05) is 20.2 Å². The minimum absolute atomic E-state index is 0.114. The second-order valence-electron chi connectivity index (χ2n) is 8.60. The van der Waals surface area contributed by atoms with E-state index in [-0.39, 0.29) is 5.78 Å². The molecule has 1 heterocycles. The maximum atomic E-state index is 12.0. The summed E-state index contributed by atoms with van der Waals surface area (Å²) < 4.78 is 5.37. The van der Waals surface area contributed by atoms with Gasteiger partial charge in [-0.2, -0.15) is 0 Å². The number of allylic oxidation sites excluding steroid dienone is 3. The van der Waals surface area contributed by atoms with Gasteiger partial charge in [0.05, 0.1) is 7.11 Å². The third kappa shape index (κ3) is 10.3. The SMILES string of the molecule is C=C/C=C(\C=C1/CN(CCCCCCC(CCCC)CCCC)C=C1C(C)=O)OC. The standard InChI is InChI=1S/C27H45NO2/c1-6-9-16-24(17-10-7-2)18-13-11-12-14-19-28-21-25(27(22-28)23(4)29)20-26(30-5)15-8-3/h8,15,20,22,24H,3,6-7,9-14,16-19,21H2,1-2,4-5H3/b25-20+,26-15+. The van der Waals surface area contributed by atoms with Gasteiger partial charge in [-0.25, -0.2) is 0 Å². The van der Waals surface area contributed by atoms with E-state index in [4.69, 9.17) is 4.74 Å². The molecule has 1 rings (SSSR count). The zero-order chi connectivity index (χ0) is 22.2. The molecule has 0 aliphatic carbocycles. The molecule has 0 N–H and O–H groups in total. The van der Waals surface area contributed by atoms with Crippen LogP contribution in [0.15, 0.2) is 47.9 Å². The zero-order valence-electron chi connectivity index (χ0n) is 20.0. The molecule has 0 saturated carbocycles. The molecular formula is C27H45NO2. The third-order valence-electron chi connectivity index (χ3n) is 5.98. The minimum Gasteiger partial charge on any atom is -0.497 e. The van der Waals surface area contributed by atoms with Crippen LogP contribution in [0.2, 0.25) is 0 Å². The van der Waals surface area contributed by atoms with E-state index in [1.165, 1.54) is 70.6 Å². The number of ketones is 1. The summed E-state index contributed by atoms with van der Waals surface area (Å²) in [4.78, 5) is 14.3. The topological polar surface area (TPSA) is 29.5 Å². The summed E-state index contributed by atoms with van der Waals surface area (Å²) >= 11 is 0.